The van der Waals surface area contributed by atoms with Gasteiger partial charge < -0.3 is 9.67 Å². The number of benzene rings is 2. The standard InChI is InChI=1S/C19H12F3NO3S/c1-2-23-14-11(15(24)13(18(23)26)17(25)19(20,21)22)8-7-10-9-5-3-4-6-12(9)27-16(10)14/h3-8,24H,2H2,1H3. The van der Waals surface area contributed by atoms with Gasteiger partial charge >= 0.3 is 6.18 Å². The molecule has 2 aromatic heterocycles. The average Bonchev–Trinajstić information content (AvgIpc) is 3.00. The maximum Gasteiger partial charge on any atom is 0.455 e. The van der Waals surface area contributed by atoms with Crippen LogP contribution in [0.25, 0.3) is 31.1 Å². The molecule has 0 spiro atoms. The number of halogens is 3. The SMILES string of the molecule is CCn1c(=O)c(C(=O)C(F)(F)F)c(O)c2ccc3c4ccccc4sc3c21. The van der Waals surface area contributed by atoms with E-state index in [9.17, 15) is 27.9 Å². The van der Waals surface area contributed by atoms with Gasteiger partial charge in [-0.05, 0) is 19.1 Å². The number of aromatic hydroxyl groups is 1. The number of carbonyl (C=O) groups excluding carboxylic acids is 1. The van der Waals surface area contributed by atoms with Gasteiger partial charge in [-0.15, -0.1) is 11.3 Å². The number of nitrogens with zero attached hydrogens (tertiary/aromatic N) is 1. The van der Waals surface area contributed by atoms with E-state index < -0.39 is 28.8 Å². The molecule has 4 nitrogen and oxygen atoms in total. The number of thiophene rings is 1. The molecule has 2 heterocycles. The third-order valence-electron chi connectivity index (χ3n) is 4.54. The highest BCUT2D eigenvalue weighted by Crippen LogP contribution is 2.41. The van der Waals surface area contributed by atoms with Gasteiger partial charge in [0.2, 0.25) is 0 Å². The largest absolute Gasteiger partial charge is 0.506 e. The Kier molecular flexibility index (Phi) is 3.78. The molecule has 0 aliphatic heterocycles. The van der Waals surface area contributed by atoms with Crippen LogP contribution < -0.4 is 5.56 Å². The Morgan fingerprint density at radius 1 is 1.11 bits per heavy atom. The molecule has 0 atom stereocenters. The quantitative estimate of drug-likeness (QED) is 0.498. The van der Waals surface area contributed by atoms with Crippen LogP contribution in [0.2, 0.25) is 0 Å². The van der Waals surface area contributed by atoms with Gasteiger partial charge in [-0.1, -0.05) is 24.3 Å². The Balaban J connectivity index is 2.22. The second kappa shape index (κ2) is 5.82. The zero-order valence-corrected chi connectivity index (χ0v) is 14.7. The minimum absolute atomic E-state index is 0.0445. The van der Waals surface area contributed by atoms with Gasteiger partial charge in [0, 0.05) is 27.4 Å². The van der Waals surface area contributed by atoms with Crippen LogP contribution in [-0.2, 0) is 6.54 Å². The van der Waals surface area contributed by atoms with E-state index in [2.05, 4.69) is 0 Å². The van der Waals surface area contributed by atoms with Crippen molar-refractivity contribution in [3.05, 3.63) is 52.3 Å². The monoisotopic (exact) mass is 391 g/mol. The predicted molar refractivity (Wildman–Crippen MR) is 98.8 cm³/mol. The van der Waals surface area contributed by atoms with E-state index in [4.69, 9.17) is 0 Å². The minimum atomic E-state index is -5.25. The summed E-state index contributed by atoms with van der Waals surface area (Å²) in [6.45, 7) is 1.66. The van der Waals surface area contributed by atoms with E-state index in [1.54, 1.807) is 13.0 Å². The molecule has 0 radical (unpaired) electrons. The van der Waals surface area contributed by atoms with Gasteiger partial charge in [0.1, 0.15) is 11.3 Å². The molecule has 27 heavy (non-hydrogen) atoms. The van der Waals surface area contributed by atoms with E-state index >= 15 is 0 Å². The summed E-state index contributed by atoms with van der Waals surface area (Å²) in [5, 5.41) is 12.2. The van der Waals surface area contributed by atoms with Gasteiger partial charge in [0.25, 0.3) is 11.3 Å². The fraction of sp³-hybridized carbons (Fsp3) is 0.158. The molecule has 4 rings (SSSR count). The van der Waals surface area contributed by atoms with Gasteiger partial charge in [-0.3, -0.25) is 9.59 Å². The van der Waals surface area contributed by atoms with Crippen LogP contribution in [0.15, 0.2) is 41.2 Å². The number of aromatic nitrogens is 1. The predicted octanol–water partition coefficient (Wildman–Crippen LogP) is 4.84. The molecule has 0 saturated carbocycles. The number of carbonyl (C=O) groups is 1. The number of hydrogen-bond donors (Lipinski definition) is 1. The third-order valence-corrected chi connectivity index (χ3v) is 5.74. The number of ketones is 1. The lowest BCUT2D eigenvalue weighted by atomic mass is 10.0. The summed E-state index contributed by atoms with van der Waals surface area (Å²) < 4.78 is 41.5. The average molecular weight is 391 g/mol. The van der Waals surface area contributed by atoms with Crippen LogP contribution in [0, 0.1) is 0 Å². The maximum absolute atomic E-state index is 12.9. The maximum atomic E-state index is 12.9. The Morgan fingerprint density at radius 2 is 1.78 bits per heavy atom. The van der Waals surface area contributed by atoms with E-state index in [1.165, 1.54) is 17.4 Å². The summed E-state index contributed by atoms with van der Waals surface area (Å²) in [5.74, 6) is -3.27. The summed E-state index contributed by atoms with van der Waals surface area (Å²) in [5.41, 5.74) is -2.05. The number of alkyl halides is 3. The fourth-order valence-electron chi connectivity index (χ4n) is 3.35. The normalized spacial score (nSPS) is 12.3. The first-order valence-corrected chi connectivity index (χ1v) is 8.88. The first-order valence-electron chi connectivity index (χ1n) is 8.07. The number of pyridine rings is 1. The van der Waals surface area contributed by atoms with Crippen molar-refractivity contribution >= 4 is 48.2 Å². The lowest BCUT2D eigenvalue weighted by Crippen LogP contribution is -2.33. The first kappa shape index (κ1) is 17.5. The molecule has 0 bridgehead atoms. The van der Waals surface area contributed by atoms with Crippen LogP contribution in [0.5, 0.6) is 5.75 Å². The van der Waals surface area contributed by atoms with E-state index in [-0.39, 0.29) is 11.9 Å². The Morgan fingerprint density at radius 3 is 2.44 bits per heavy atom. The third kappa shape index (κ3) is 2.43. The fourth-order valence-corrected chi connectivity index (χ4v) is 4.61. The second-order valence-corrected chi connectivity index (χ2v) is 7.09. The molecule has 0 saturated heterocycles. The van der Waals surface area contributed by atoms with Gasteiger partial charge in [-0.25, -0.2) is 0 Å². The van der Waals surface area contributed by atoms with Crippen molar-refractivity contribution in [3.63, 3.8) is 0 Å². The molecule has 4 aromatic rings. The number of fused-ring (bicyclic) bond motifs is 5. The highest BCUT2D eigenvalue weighted by atomic mass is 32.1. The summed E-state index contributed by atoms with van der Waals surface area (Å²) in [6, 6.07) is 10.7. The van der Waals surface area contributed by atoms with Crippen molar-refractivity contribution in [2.75, 3.05) is 0 Å². The molecule has 138 valence electrons. The zero-order chi connectivity index (χ0) is 19.5. The molecule has 8 heteroatoms. The molecular weight excluding hydrogens is 379 g/mol. The highest BCUT2D eigenvalue weighted by molar-refractivity contribution is 7.26. The van der Waals surface area contributed by atoms with E-state index in [0.29, 0.717) is 10.2 Å². The first-order chi connectivity index (χ1) is 12.8. The van der Waals surface area contributed by atoms with Crippen molar-refractivity contribution in [2.45, 2.75) is 19.6 Å². The molecule has 0 unspecified atom stereocenters. The number of aryl methyl sites for hydroxylation is 1. The number of hydrogen-bond acceptors (Lipinski definition) is 4. The smallest absolute Gasteiger partial charge is 0.455 e. The molecule has 0 aliphatic carbocycles. The van der Waals surface area contributed by atoms with Crippen molar-refractivity contribution in [1.29, 1.82) is 0 Å². The van der Waals surface area contributed by atoms with Crippen LogP contribution in [-0.4, -0.2) is 21.6 Å². The summed E-state index contributed by atoms with van der Waals surface area (Å²) >= 11 is 1.38. The molecule has 2 aromatic carbocycles. The number of Topliss-reactive ketones (excluding diaryl/α,β-unsaturated/α-hetero) is 1. The van der Waals surface area contributed by atoms with Gasteiger partial charge in [0.15, 0.2) is 0 Å². The topological polar surface area (TPSA) is 59.3 Å². The second-order valence-electron chi connectivity index (χ2n) is 6.04. The van der Waals surface area contributed by atoms with Crippen molar-refractivity contribution in [1.82, 2.24) is 4.57 Å². The molecule has 0 amide bonds. The van der Waals surface area contributed by atoms with Crippen LogP contribution in [0.1, 0.15) is 17.3 Å². The molecular formula is C19H12F3NO3S. The van der Waals surface area contributed by atoms with Crippen LogP contribution >= 0.6 is 11.3 Å². The lowest BCUT2D eigenvalue weighted by Gasteiger charge is -2.14. The molecule has 0 aliphatic rings. The zero-order valence-electron chi connectivity index (χ0n) is 13.9. The summed E-state index contributed by atoms with van der Waals surface area (Å²) in [7, 11) is 0. The van der Waals surface area contributed by atoms with Crippen LogP contribution in [0.3, 0.4) is 0 Å². The summed E-state index contributed by atoms with van der Waals surface area (Å²) in [6.07, 6.45) is -5.25. The molecule has 0 fully saturated rings. The van der Waals surface area contributed by atoms with E-state index in [1.807, 2.05) is 24.3 Å². The van der Waals surface area contributed by atoms with E-state index in [0.717, 1.165) is 20.0 Å². The minimum Gasteiger partial charge on any atom is -0.506 e. The Labute approximate surface area is 154 Å². The van der Waals surface area contributed by atoms with Crippen LogP contribution in [0.4, 0.5) is 13.2 Å². The Hall–Kier alpha value is -2.87. The lowest BCUT2D eigenvalue weighted by molar-refractivity contribution is -0.0887. The molecule has 1 N–H and O–H groups in total. The highest BCUT2D eigenvalue weighted by Gasteiger charge is 2.43. The van der Waals surface area contributed by atoms with Gasteiger partial charge in [0.05, 0.1) is 10.2 Å². The van der Waals surface area contributed by atoms with Gasteiger partial charge in [-0.2, -0.15) is 13.2 Å². The van der Waals surface area contributed by atoms with Crippen molar-refractivity contribution in [3.8, 4) is 5.75 Å². The van der Waals surface area contributed by atoms with Crippen molar-refractivity contribution in [2.24, 2.45) is 0 Å². The number of rotatable bonds is 2. The summed E-state index contributed by atoms with van der Waals surface area (Å²) in [4.78, 5) is 24.4. The van der Waals surface area contributed by atoms with Crippen molar-refractivity contribution < 1.29 is 23.1 Å². The Bertz CT molecular complexity index is 1300.